The van der Waals surface area contributed by atoms with Crippen LogP contribution in [-0.4, -0.2) is 97.9 Å². The SMILES string of the molecule is Cc1c2ccc(c1Cl)O[C@H](CN1CCN(C)CC1)CCc1ccc(OCc3ccnc(-c4ccccc4CO)n3)c(c1)C[C@H](C(=O)O)Oc1ncnc3sc(-c4ccc(F)cc4)c-2c13. The summed E-state index contributed by atoms with van der Waals surface area (Å²) in [5.41, 5.74) is 6.54. The third-order valence-corrected chi connectivity index (χ3v) is 13.5. The average molecular weight is 901 g/mol. The topological polar surface area (TPSA) is 143 Å². The number of hydrogen-bond donors (Lipinski definition) is 2. The van der Waals surface area contributed by atoms with Gasteiger partial charge in [-0.3, -0.25) is 4.90 Å². The number of piperazine rings is 1. The molecule has 64 heavy (non-hydrogen) atoms. The molecule has 7 aromatic rings. The Morgan fingerprint density at radius 3 is 2.58 bits per heavy atom. The Bertz CT molecular complexity index is 2820. The maximum Gasteiger partial charge on any atom is 0.345 e. The van der Waals surface area contributed by atoms with Crippen LogP contribution in [0.5, 0.6) is 17.4 Å². The van der Waals surface area contributed by atoms with Crippen molar-refractivity contribution in [1.82, 2.24) is 29.7 Å². The summed E-state index contributed by atoms with van der Waals surface area (Å²) in [5, 5.41) is 21.7. The Kier molecular flexibility index (Phi) is 12.8. The van der Waals surface area contributed by atoms with Gasteiger partial charge in [-0.2, -0.15) is 0 Å². The summed E-state index contributed by atoms with van der Waals surface area (Å²) in [7, 11) is 2.13. The number of nitrogens with zero attached hydrogens (tertiary/aromatic N) is 6. The van der Waals surface area contributed by atoms with Crippen molar-refractivity contribution in [2.45, 2.75) is 51.6 Å². The molecule has 0 spiro atoms. The number of aliphatic carboxylic acids is 1. The summed E-state index contributed by atoms with van der Waals surface area (Å²) in [6.07, 6.45) is 2.61. The molecule has 0 aliphatic carbocycles. The first-order chi connectivity index (χ1) is 31.1. The van der Waals surface area contributed by atoms with Gasteiger partial charge >= 0.3 is 5.97 Å². The van der Waals surface area contributed by atoms with E-state index in [1.807, 2.05) is 61.5 Å². The number of carbonyl (C=O) groups is 1. The van der Waals surface area contributed by atoms with Gasteiger partial charge in [0, 0.05) is 61.3 Å². The van der Waals surface area contributed by atoms with Crippen molar-refractivity contribution in [2.75, 3.05) is 39.8 Å². The van der Waals surface area contributed by atoms with E-state index in [-0.39, 0.29) is 37.4 Å². The molecule has 0 unspecified atom stereocenters. The smallest absolute Gasteiger partial charge is 0.345 e. The lowest BCUT2D eigenvalue weighted by atomic mass is 9.96. The number of carboxylic acid groups (broad SMARTS) is 1. The van der Waals surface area contributed by atoms with Crippen LogP contribution in [0.1, 0.15) is 34.4 Å². The van der Waals surface area contributed by atoms with Crippen molar-refractivity contribution in [3.05, 3.63) is 136 Å². The summed E-state index contributed by atoms with van der Waals surface area (Å²) in [6, 6.07) is 25.1. The zero-order valence-electron chi connectivity index (χ0n) is 35.3. The second-order valence-electron chi connectivity index (χ2n) is 16.2. The summed E-state index contributed by atoms with van der Waals surface area (Å²) in [6.45, 7) is 6.29. The van der Waals surface area contributed by atoms with Crippen LogP contribution >= 0.6 is 22.9 Å². The number of benzene rings is 4. The molecule has 4 aromatic carbocycles. The molecule has 0 saturated carbocycles. The molecule has 3 aliphatic rings. The molecule has 3 aliphatic heterocycles. The summed E-state index contributed by atoms with van der Waals surface area (Å²) >= 11 is 8.64. The van der Waals surface area contributed by atoms with Crippen LogP contribution in [0.2, 0.25) is 5.02 Å². The predicted octanol–water partition coefficient (Wildman–Crippen LogP) is 8.67. The number of aryl methyl sites for hydroxylation is 1. The van der Waals surface area contributed by atoms with Gasteiger partial charge in [0.1, 0.15) is 41.2 Å². The van der Waals surface area contributed by atoms with Crippen LogP contribution in [0.25, 0.3) is 43.2 Å². The number of carboxylic acids is 1. The van der Waals surface area contributed by atoms with Crippen LogP contribution in [0.4, 0.5) is 4.39 Å². The Balaban J connectivity index is 1.13. The molecule has 2 atom stereocenters. The molecular formula is C49H46ClFN6O6S. The van der Waals surface area contributed by atoms with Crippen LogP contribution in [0.3, 0.4) is 0 Å². The zero-order valence-corrected chi connectivity index (χ0v) is 36.9. The number of aliphatic hydroxyl groups is 1. The Morgan fingerprint density at radius 1 is 0.969 bits per heavy atom. The summed E-state index contributed by atoms with van der Waals surface area (Å²) in [4.78, 5) is 37.7. The second-order valence-corrected chi connectivity index (χ2v) is 17.5. The standard InChI is InChI=1S/C49H46ClFN6O6S/c1-29-37-14-16-40(44(29)50)62-36(25-57-21-19-56(2)20-22-57)13-7-30-8-15-39(61-27-35-17-18-52-46(55-35)38-6-4-3-5-32(38)26-58)33(23-30)24-41(49(59)60)63-47-43-42(37)45(64-48(43)54-28-53-47)31-9-11-34(51)12-10-31/h3-6,8-12,14-18,23,28,36,41,58H,7,13,19-22,24-27H2,1-2H3,(H,59,60)/t36-,41+/m0/s1. The van der Waals surface area contributed by atoms with Gasteiger partial charge in [0.25, 0.3) is 0 Å². The fourth-order valence-electron chi connectivity index (χ4n) is 8.33. The predicted molar refractivity (Wildman–Crippen MR) is 245 cm³/mol. The van der Waals surface area contributed by atoms with Gasteiger partial charge in [-0.1, -0.05) is 66.2 Å². The van der Waals surface area contributed by atoms with Crippen LogP contribution < -0.4 is 14.2 Å². The first-order valence-corrected chi connectivity index (χ1v) is 22.4. The maximum absolute atomic E-state index is 14.3. The molecule has 0 amide bonds. The van der Waals surface area contributed by atoms with Crippen LogP contribution in [0.15, 0.2) is 97.5 Å². The highest BCUT2D eigenvalue weighted by molar-refractivity contribution is 7.22. The first-order valence-electron chi connectivity index (χ1n) is 21.2. The number of thiophene rings is 1. The molecule has 12 nitrogen and oxygen atoms in total. The molecule has 1 saturated heterocycles. The Labute approximate surface area is 378 Å². The lowest BCUT2D eigenvalue weighted by Gasteiger charge is -2.35. The van der Waals surface area contributed by atoms with Gasteiger partial charge in [-0.05, 0) is 90.5 Å². The normalized spacial score (nSPS) is 17.1. The number of aliphatic hydroxyl groups excluding tert-OH is 1. The molecule has 3 aromatic heterocycles. The van der Waals surface area contributed by atoms with Gasteiger partial charge in [-0.25, -0.2) is 29.1 Å². The minimum atomic E-state index is -1.39. The summed E-state index contributed by atoms with van der Waals surface area (Å²) < 4.78 is 34.1. The number of ether oxygens (including phenoxy) is 3. The first kappa shape index (κ1) is 43.2. The average Bonchev–Trinajstić information content (AvgIpc) is 3.70. The van der Waals surface area contributed by atoms with Gasteiger partial charge in [0.05, 0.1) is 22.7 Å². The number of rotatable bonds is 9. The van der Waals surface area contributed by atoms with E-state index >= 15 is 0 Å². The molecule has 10 rings (SSSR count). The van der Waals surface area contributed by atoms with E-state index in [2.05, 4.69) is 31.8 Å². The molecule has 15 heteroatoms. The third kappa shape index (κ3) is 9.28. The summed E-state index contributed by atoms with van der Waals surface area (Å²) in [5.74, 6) is 0.00627. The fourth-order valence-corrected chi connectivity index (χ4v) is 9.69. The highest BCUT2D eigenvalue weighted by atomic mass is 35.5. The minimum Gasteiger partial charge on any atom is -0.488 e. The number of fused-ring (bicyclic) bond motifs is 7. The van der Waals surface area contributed by atoms with E-state index in [4.69, 9.17) is 30.8 Å². The van der Waals surface area contributed by atoms with Crippen molar-refractivity contribution < 1.29 is 33.6 Å². The maximum atomic E-state index is 14.3. The van der Waals surface area contributed by atoms with Crippen molar-refractivity contribution in [1.29, 1.82) is 0 Å². The number of aromatic nitrogens is 4. The van der Waals surface area contributed by atoms with Gasteiger partial charge in [-0.15, -0.1) is 11.3 Å². The number of hydrogen-bond acceptors (Lipinski definition) is 12. The lowest BCUT2D eigenvalue weighted by Crippen LogP contribution is -2.48. The van der Waals surface area contributed by atoms with E-state index in [1.54, 1.807) is 24.4 Å². The largest absolute Gasteiger partial charge is 0.488 e. The molecule has 0 radical (unpaired) electrons. The lowest BCUT2D eigenvalue weighted by molar-refractivity contribution is -0.145. The second kappa shape index (κ2) is 19.0. The number of likely N-dealkylation sites (N-methyl/N-ethyl adjacent to an activating group) is 1. The highest BCUT2D eigenvalue weighted by Crippen LogP contribution is 2.49. The molecule has 1 fully saturated rings. The number of halogens is 2. The third-order valence-electron chi connectivity index (χ3n) is 11.9. The quantitative estimate of drug-likeness (QED) is 0.143. The molecule has 4 bridgehead atoms. The van der Waals surface area contributed by atoms with E-state index in [0.29, 0.717) is 74.3 Å². The van der Waals surface area contributed by atoms with E-state index in [0.717, 1.165) is 58.9 Å². The van der Waals surface area contributed by atoms with Crippen molar-refractivity contribution >= 4 is 39.1 Å². The van der Waals surface area contributed by atoms with Crippen LogP contribution in [-0.2, 0) is 30.8 Å². The van der Waals surface area contributed by atoms with E-state index in [1.165, 1.54) is 29.8 Å². The highest BCUT2D eigenvalue weighted by Gasteiger charge is 2.30. The van der Waals surface area contributed by atoms with Crippen molar-refractivity contribution in [2.24, 2.45) is 0 Å². The molecule has 2 N–H and O–H groups in total. The zero-order chi connectivity index (χ0) is 44.3. The monoisotopic (exact) mass is 900 g/mol. The van der Waals surface area contributed by atoms with E-state index in [9.17, 15) is 19.4 Å². The van der Waals surface area contributed by atoms with Gasteiger partial charge < -0.3 is 29.3 Å². The van der Waals surface area contributed by atoms with Crippen molar-refractivity contribution in [3.63, 3.8) is 0 Å². The minimum absolute atomic E-state index is 0.0619. The van der Waals surface area contributed by atoms with Gasteiger partial charge in [0.2, 0.25) is 12.0 Å². The Morgan fingerprint density at radius 2 is 1.78 bits per heavy atom. The van der Waals surface area contributed by atoms with Crippen LogP contribution in [0, 0.1) is 12.7 Å². The molecule has 6 heterocycles. The van der Waals surface area contributed by atoms with Gasteiger partial charge in [0.15, 0.2) is 5.82 Å². The fraction of sp³-hybridized carbons (Fsp3) is 0.286. The Hall–Kier alpha value is -6.03. The molecule has 328 valence electrons. The van der Waals surface area contributed by atoms with Crippen molar-refractivity contribution in [3.8, 4) is 50.3 Å². The van der Waals surface area contributed by atoms with E-state index < -0.39 is 12.1 Å². The molecular weight excluding hydrogens is 855 g/mol.